The van der Waals surface area contributed by atoms with Gasteiger partial charge in [0.15, 0.2) is 0 Å². The van der Waals surface area contributed by atoms with Gasteiger partial charge in [-0.25, -0.2) is 0 Å². The normalized spacial score (nSPS) is 10.9. The van der Waals surface area contributed by atoms with Gasteiger partial charge in [-0.2, -0.15) is 0 Å². The van der Waals surface area contributed by atoms with Crippen LogP contribution in [0, 0.1) is 0 Å². The number of hydrogen-bond donors (Lipinski definition) is 0. The molecule has 0 fully saturated rings. The molecule has 0 aliphatic rings. The van der Waals surface area contributed by atoms with Gasteiger partial charge in [-0.3, -0.25) is 0 Å². The van der Waals surface area contributed by atoms with Crippen LogP contribution < -0.4 is 0 Å². The molecule has 0 rings (SSSR count). The molecule has 0 saturated heterocycles. The molecule has 0 aromatic carbocycles. The zero-order valence-electron chi connectivity index (χ0n) is 17.9. The van der Waals surface area contributed by atoms with Gasteiger partial charge in [-0.15, -0.1) is 0 Å². The summed E-state index contributed by atoms with van der Waals surface area (Å²) in [6.45, 7) is 5.54. The molecule has 0 spiro atoms. The van der Waals surface area contributed by atoms with Crippen molar-refractivity contribution in [3.8, 4) is 0 Å². The summed E-state index contributed by atoms with van der Waals surface area (Å²) in [6.07, 6.45) is 1.19. The summed E-state index contributed by atoms with van der Waals surface area (Å²) in [7, 11) is 0. The first-order chi connectivity index (χ1) is 13.4. The third-order valence-electron chi connectivity index (χ3n) is 4.74. The van der Waals surface area contributed by atoms with Crippen molar-refractivity contribution in [2.24, 2.45) is 0 Å². The van der Waals surface area contributed by atoms with E-state index in [2.05, 4.69) is 0 Å². The molecule has 0 heterocycles. The summed E-state index contributed by atoms with van der Waals surface area (Å²) in [5, 5.41) is 0. The van der Waals surface area contributed by atoms with Gasteiger partial charge in [0.05, 0.1) is 0 Å². The van der Waals surface area contributed by atoms with Crippen molar-refractivity contribution in [1.29, 1.82) is 0 Å². The molecule has 0 saturated carbocycles. The number of Topliss-reactive ketones (excluding diaryl/α,β-unsaturated/α-hetero) is 3. The van der Waals surface area contributed by atoms with E-state index < -0.39 is 39.1 Å². The van der Waals surface area contributed by atoms with E-state index in [9.17, 15) is 33.6 Å². The second-order valence-corrected chi connectivity index (χ2v) is 20.5. The van der Waals surface area contributed by atoms with E-state index in [0.29, 0.717) is 0 Å². The van der Waals surface area contributed by atoms with Crippen molar-refractivity contribution in [3.63, 3.8) is 0 Å². The van der Waals surface area contributed by atoms with Crippen LogP contribution in [0.15, 0.2) is 0 Å². The van der Waals surface area contributed by atoms with E-state index in [0.717, 1.165) is 0 Å². The standard InChI is InChI=1S/3C6H9O2.C2H3O.Al.Ti.H/c3*1-6(8)4-2-3-5-7;1-2-3;;;/h3*2-4H2,1H3;1H3;;;. The molecular formula is C20H31AlO7Ti. The van der Waals surface area contributed by atoms with Crippen LogP contribution in [0.1, 0.15) is 85.5 Å². The number of hydrogen-bond acceptors (Lipinski definition) is 7. The third kappa shape index (κ3) is 10.5. The Labute approximate surface area is 179 Å². The van der Waals surface area contributed by atoms with Crippen LogP contribution in [0.4, 0.5) is 0 Å². The molecule has 0 aromatic rings. The zero-order chi connectivity index (χ0) is 22.6. The predicted octanol–water partition coefficient (Wildman–Crippen LogP) is 1.90. The van der Waals surface area contributed by atoms with Crippen molar-refractivity contribution >= 4 is 46.7 Å². The quantitative estimate of drug-likeness (QED) is 0.305. The van der Waals surface area contributed by atoms with Gasteiger partial charge < -0.3 is 0 Å². The predicted molar refractivity (Wildman–Crippen MR) is 106 cm³/mol. The fraction of sp³-hybridized carbons (Fsp3) is 0.650. The number of carbonyl (C=O) groups is 7. The van der Waals surface area contributed by atoms with Gasteiger partial charge in [0, 0.05) is 0 Å². The summed E-state index contributed by atoms with van der Waals surface area (Å²) >= 11 is -6.40. The second-order valence-electron chi connectivity index (χ2n) is 7.72. The first kappa shape index (κ1) is 27.9. The molecule has 0 atom stereocenters. The number of ketones is 3. The van der Waals surface area contributed by atoms with Gasteiger partial charge in [-0.1, -0.05) is 0 Å². The molecule has 160 valence electrons. The maximum atomic E-state index is 13.1. The van der Waals surface area contributed by atoms with Crippen molar-refractivity contribution in [2.45, 2.75) is 85.5 Å². The van der Waals surface area contributed by atoms with Crippen molar-refractivity contribution in [2.75, 3.05) is 0 Å². The summed E-state index contributed by atoms with van der Waals surface area (Å²) < 4.78 is -1.47. The monoisotopic (exact) mass is 458 g/mol. The Morgan fingerprint density at radius 3 is 1.00 bits per heavy atom. The minimum atomic E-state index is -4.51. The van der Waals surface area contributed by atoms with E-state index in [1.807, 2.05) is 0 Å². The molecule has 0 aliphatic carbocycles. The fourth-order valence-corrected chi connectivity index (χ4v) is 17.3. The zero-order valence-corrected chi connectivity index (χ0v) is 20.9. The van der Waals surface area contributed by atoms with Crippen LogP contribution in [0.5, 0.6) is 0 Å². The number of rotatable bonds is 17. The van der Waals surface area contributed by atoms with Gasteiger partial charge in [-0.05, 0) is 0 Å². The minimum absolute atomic E-state index is 0.0449. The van der Waals surface area contributed by atoms with Crippen LogP contribution in [-0.2, 0) is 48.0 Å². The summed E-state index contributed by atoms with van der Waals surface area (Å²) in [5.41, 5.74) is 0. The van der Waals surface area contributed by atoms with Gasteiger partial charge in [0.25, 0.3) is 0 Å². The van der Waals surface area contributed by atoms with Crippen LogP contribution in [-0.4, -0.2) is 46.7 Å². The Morgan fingerprint density at radius 1 is 0.517 bits per heavy atom. The van der Waals surface area contributed by atoms with Gasteiger partial charge in [0.2, 0.25) is 0 Å². The molecule has 0 N–H and O–H groups in total. The molecule has 0 unspecified atom stereocenters. The van der Waals surface area contributed by atoms with Crippen LogP contribution in [0.3, 0.4) is 0 Å². The molecular weight excluding hydrogens is 427 g/mol. The van der Waals surface area contributed by atoms with Crippen molar-refractivity contribution < 1.29 is 48.0 Å². The van der Waals surface area contributed by atoms with Gasteiger partial charge in [0.1, 0.15) is 0 Å². The average molecular weight is 458 g/mol. The topological polar surface area (TPSA) is 119 Å². The molecule has 0 aromatic heterocycles. The average Bonchev–Trinajstić information content (AvgIpc) is 2.57. The van der Waals surface area contributed by atoms with E-state index in [4.69, 9.17) is 0 Å². The van der Waals surface area contributed by atoms with Crippen molar-refractivity contribution in [3.05, 3.63) is 0 Å². The SMILES string of the molecule is CC(=O)CCC[C](=O)[Ti]([AlH][C](C)=O)([C](=O)CCCC(C)=O)[C](=O)CCCC(C)=O. The molecule has 9 heteroatoms. The summed E-state index contributed by atoms with van der Waals surface area (Å²) in [4.78, 5) is 85.0. The Hall–Kier alpha value is -1.06. The first-order valence-corrected chi connectivity index (χ1v) is 17.1. The Balaban J connectivity index is 5.76. The molecule has 0 radical (unpaired) electrons. The van der Waals surface area contributed by atoms with E-state index >= 15 is 0 Å². The van der Waals surface area contributed by atoms with Crippen LogP contribution >= 0.6 is 0 Å². The molecule has 0 aliphatic heterocycles. The third-order valence-corrected chi connectivity index (χ3v) is 21.1. The Bertz CT molecular complexity index is 605. The number of carbonyl (C=O) groups excluding carboxylic acids is 7. The summed E-state index contributed by atoms with van der Waals surface area (Å²) in [5.74, 6) is -0.249. The second kappa shape index (κ2) is 14.0. The molecule has 0 bridgehead atoms. The Morgan fingerprint density at radius 2 is 0.793 bits per heavy atom. The van der Waals surface area contributed by atoms with Gasteiger partial charge >= 0.3 is 180 Å². The van der Waals surface area contributed by atoms with Crippen molar-refractivity contribution in [1.82, 2.24) is 0 Å². The van der Waals surface area contributed by atoms with E-state index in [-0.39, 0.29) is 79.8 Å². The summed E-state index contributed by atoms with van der Waals surface area (Å²) in [6, 6.07) is 0. The fourth-order valence-electron chi connectivity index (χ4n) is 3.27. The Kier molecular flexibility index (Phi) is 13.5. The van der Waals surface area contributed by atoms with Crippen LogP contribution in [0.25, 0.3) is 0 Å². The van der Waals surface area contributed by atoms with E-state index in [1.54, 1.807) is 0 Å². The molecule has 0 amide bonds. The van der Waals surface area contributed by atoms with Crippen LogP contribution in [0.2, 0.25) is 0 Å². The van der Waals surface area contributed by atoms with E-state index in [1.165, 1.54) is 27.7 Å². The molecule has 29 heavy (non-hydrogen) atoms. The maximum absolute atomic E-state index is 13.1. The first-order valence-electron chi connectivity index (χ1n) is 10.0. The molecule has 7 nitrogen and oxygen atoms in total.